The van der Waals surface area contributed by atoms with E-state index in [1.165, 1.54) is 18.7 Å². The number of carbonyl (C=O) groups is 2. The summed E-state index contributed by atoms with van der Waals surface area (Å²) in [6.45, 7) is 6.05. The molecule has 7 heteroatoms. The van der Waals surface area contributed by atoms with Crippen LogP contribution in [0.15, 0.2) is 59.8 Å². The van der Waals surface area contributed by atoms with Crippen molar-refractivity contribution in [3.8, 4) is 11.4 Å². The van der Waals surface area contributed by atoms with E-state index in [1.807, 2.05) is 48.7 Å². The van der Waals surface area contributed by atoms with Gasteiger partial charge in [-0.2, -0.15) is 0 Å². The first-order valence-corrected chi connectivity index (χ1v) is 9.94. The van der Waals surface area contributed by atoms with Gasteiger partial charge in [-0.05, 0) is 32.9 Å². The van der Waals surface area contributed by atoms with Crippen molar-refractivity contribution >= 4 is 29.1 Å². The highest BCUT2D eigenvalue weighted by molar-refractivity contribution is 8.00. The Bertz CT molecular complexity index is 985. The molecule has 144 valence electrons. The van der Waals surface area contributed by atoms with Crippen LogP contribution in [-0.2, 0) is 11.3 Å². The van der Waals surface area contributed by atoms with E-state index in [0.29, 0.717) is 23.0 Å². The summed E-state index contributed by atoms with van der Waals surface area (Å²) >= 11 is 1.36. The Morgan fingerprint density at radius 1 is 1.11 bits per heavy atom. The predicted octanol–water partition coefficient (Wildman–Crippen LogP) is 4.29. The highest BCUT2D eigenvalue weighted by Gasteiger charge is 2.20. The SMILES string of the molecule is CCn1c(SC(C)C(=O)Nc2cccc(C(C)=O)c2)nnc1-c1ccccc1. The van der Waals surface area contributed by atoms with Gasteiger partial charge >= 0.3 is 0 Å². The molecule has 3 aromatic rings. The molecule has 0 spiro atoms. The summed E-state index contributed by atoms with van der Waals surface area (Å²) in [5.41, 5.74) is 2.16. The molecular weight excluding hydrogens is 372 g/mol. The van der Waals surface area contributed by atoms with Crippen molar-refractivity contribution in [2.45, 2.75) is 37.7 Å². The Hall–Kier alpha value is -2.93. The number of carbonyl (C=O) groups excluding carboxylic acids is 2. The molecule has 1 atom stereocenters. The first-order chi connectivity index (χ1) is 13.5. The van der Waals surface area contributed by atoms with Crippen molar-refractivity contribution in [3.63, 3.8) is 0 Å². The fourth-order valence-corrected chi connectivity index (χ4v) is 3.65. The molecule has 0 radical (unpaired) electrons. The number of ketones is 1. The normalized spacial score (nSPS) is 11.8. The van der Waals surface area contributed by atoms with Crippen molar-refractivity contribution in [2.75, 3.05) is 5.32 Å². The van der Waals surface area contributed by atoms with Crippen molar-refractivity contribution < 1.29 is 9.59 Å². The molecule has 1 unspecified atom stereocenters. The summed E-state index contributed by atoms with van der Waals surface area (Å²) in [4.78, 5) is 24.1. The second-order valence-corrected chi connectivity index (χ2v) is 7.61. The number of nitrogens with zero attached hydrogens (tertiary/aromatic N) is 3. The minimum absolute atomic E-state index is 0.0389. The van der Waals surface area contributed by atoms with E-state index in [9.17, 15) is 9.59 Å². The summed E-state index contributed by atoms with van der Waals surface area (Å²) < 4.78 is 2.00. The highest BCUT2D eigenvalue weighted by Crippen LogP contribution is 2.27. The van der Waals surface area contributed by atoms with E-state index in [4.69, 9.17) is 0 Å². The summed E-state index contributed by atoms with van der Waals surface area (Å²) in [7, 11) is 0. The van der Waals surface area contributed by atoms with Crippen LogP contribution in [0.3, 0.4) is 0 Å². The number of rotatable bonds is 7. The number of amides is 1. The maximum Gasteiger partial charge on any atom is 0.237 e. The van der Waals surface area contributed by atoms with Crippen molar-refractivity contribution in [1.82, 2.24) is 14.8 Å². The number of benzene rings is 2. The van der Waals surface area contributed by atoms with E-state index in [-0.39, 0.29) is 16.9 Å². The molecule has 1 N–H and O–H groups in total. The standard InChI is InChI=1S/C21H22N4O2S/c1-4-25-19(16-9-6-5-7-10-16)23-24-21(25)28-15(3)20(27)22-18-12-8-11-17(13-18)14(2)26/h5-13,15H,4H2,1-3H3,(H,22,27). The third-order valence-electron chi connectivity index (χ3n) is 4.25. The lowest BCUT2D eigenvalue weighted by Gasteiger charge is -2.13. The average molecular weight is 395 g/mol. The second-order valence-electron chi connectivity index (χ2n) is 6.30. The molecule has 1 amide bonds. The van der Waals surface area contributed by atoms with Crippen LogP contribution in [0, 0.1) is 0 Å². The van der Waals surface area contributed by atoms with Gasteiger partial charge in [0.2, 0.25) is 5.91 Å². The molecular formula is C21H22N4O2S. The van der Waals surface area contributed by atoms with Crippen LogP contribution in [0.4, 0.5) is 5.69 Å². The smallest absolute Gasteiger partial charge is 0.237 e. The maximum atomic E-state index is 12.6. The van der Waals surface area contributed by atoms with Crippen LogP contribution in [0.2, 0.25) is 0 Å². The van der Waals surface area contributed by atoms with Crippen LogP contribution in [0.5, 0.6) is 0 Å². The number of anilines is 1. The Labute approximate surface area is 168 Å². The highest BCUT2D eigenvalue weighted by atomic mass is 32.2. The molecule has 0 bridgehead atoms. The first-order valence-electron chi connectivity index (χ1n) is 9.06. The second kappa shape index (κ2) is 8.84. The molecule has 3 rings (SSSR count). The quantitative estimate of drug-likeness (QED) is 0.478. The van der Waals surface area contributed by atoms with Gasteiger partial charge in [-0.1, -0.05) is 54.2 Å². The fraction of sp³-hybridized carbons (Fsp3) is 0.238. The van der Waals surface area contributed by atoms with Crippen molar-refractivity contribution in [1.29, 1.82) is 0 Å². The maximum absolute atomic E-state index is 12.6. The van der Waals surface area contributed by atoms with Gasteiger partial charge in [-0.25, -0.2) is 0 Å². The molecule has 0 saturated heterocycles. The molecule has 6 nitrogen and oxygen atoms in total. The van der Waals surface area contributed by atoms with Crippen LogP contribution in [0.25, 0.3) is 11.4 Å². The van der Waals surface area contributed by atoms with Crippen molar-refractivity contribution in [3.05, 3.63) is 60.2 Å². The molecule has 0 fully saturated rings. The number of hydrogen-bond acceptors (Lipinski definition) is 5. The number of nitrogens with one attached hydrogen (secondary N) is 1. The topological polar surface area (TPSA) is 76.9 Å². The lowest BCUT2D eigenvalue weighted by molar-refractivity contribution is -0.115. The Morgan fingerprint density at radius 2 is 1.86 bits per heavy atom. The molecule has 0 saturated carbocycles. The zero-order chi connectivity index (χ0) is 20.1. The van der Waals surface area contributed by atoms with Gasteiger partial charge in [-0.3, -0.25) is 9.59 Å². The van der Waals surface area contributed by atoms with Gasteiger partial charge < -0.3 is 9.88 Å². The molecule has 1 heterocycles. The Morgan fingerprint density at radius 3 is 2.54 bits per heavy atom. The number of thioether (sulfide) groups is 1. The number of aromatic nitrogens is 3. The van der Waals surface area contributed by atoms with Gasteiger partial charge in [0.1, 0.15) is 0 Å². The van der Waals surface area contributed by atoms with E-state index >= 15 is 0 Å². The van der Waals surface area contributed by atoms with E-state index in [1.54, 1.807) is 24.3 Å². The Kier molecular flexibility index (Phi) is 6.26. The van der Waals surface area contributed by atoms with Crippen molar-refractivity contribution in [2.24, 2.45) is 0 Å². The number of hydrogen-bond donors (Lipinski definition) is 1. The minimum atomic E-state index is -0.376. The first kappa shape index (κ1) is 19.8. The van der Waals surface area contributed by atoms with E-state index < -0.39 is 0 Å². The summed E-state index contributed by atoms with van der Waals surface area (Å²) in [5, 5.41) is 11.8. The van der Waals surface area contributed by atoms with Crippen LogP contribution < -0.4 is 5.32 Å². The fourth-order valence-electron chi connectivity index (χ4n) is 2.73. The Balaban J connectivity index is 1.73. The largest absolute Gasteiger partial charge is 0.325 e. The summed E-state index contributed by atoms with van der Waals surface area (Å²) in [6, 6.07) is 16.8. The lowest BCUT2D eigenvalue weighted by atomic mass is 10.1. The summed E-state index contributed by atoms with van der Waals surface area (Å²) in [6.07, 6.45) is 0. The molecule has 0 aliphatic carbocycles. The number of Topliss-reactive ketones (excluding diaryl/α,β-unsaturated/α-hetero) is 1. The lowest BCUT2D eigenvalue weighted by Crippen LogP contribution is -2.23. The van der Waals surface area contributed by atoms with Crippen LogP contribution in [-0.4, -0.2) is 31.7 Å². The van der Waals surface area contributed by atoms with Gasteiger partial charge in [0.15, 0.2) is 16.8 Å². The minimum Gasteiger partial charge on any atom is -0.325 e. The molecule has 0 aliphatic rings. The van der Waals surface area contributed by atoms with Gasteiger partial charge in [0, 0.05) is 23.4 Å². The molecule has 2 aromatic carbocycles. The third-order valence-corrected chi connectivity index (χ3v) is 5.33. The van der Waals surface area contributed by atoms with Gasteiger partial charge in [0.05, 0.1) is 5.25 Å². The third kappa shape index (κ3) is 4.48. The van der Waals surface area contributed by atoms with E-state index in [2.05, 4.69) is 15.5 Å². The average Bonchev–Trinajstić information content (AvgIpc) is 3.11. The zero-order valence-electron chi connectivity index (χ0n) is 16.0. The molecule has 0 aliphatic heterocycles. The van der Waals surface area contributed by atoms with Gasteiger partial charge in [0.25, 0.3) is 0 Å². The van der Waals surface area contributed by atoms with Crippen LogP contribution >= 0.6 is 11.8 Å². The molecule has 28 heavy (non-hydrogen) atoms. The predicted molar refractivity (Wildman–Crippen MR) is 112 cm³/mol. The van der Waals surface area contributed by atoms with E-state index in [0.717, 1.165) is 11.4 Å². The summed E-state index contributed by atoms with van der Waals surface area (Å²) in [5.74, 6) is 0.591. The molecule has 1 aromatic heterocycles. The zero-order valence-corrected chi connectivity index (χ0v) is 16.9. The van der Waals surface area contributed by atoms with Crippen LogP contribution in [0.1, 0.15) is 31.1 Å². The van der Waals surface area contributed by atoms with Gasteiger partial charge in [-0.15, -0.1) is 10.2 Å². The monoisotopic (exact) mass is 394 g/mol.